The summed E-state index contributed by atoms with van der Waals surface area (Å²) in [7, 11) is -4.14. The molecule has 0 spiro atoms. The fourth-order valence-corrected chi connectivity index (χ4v) is 23.1. The van der Waals surface area contributed by atoms with Crippen molar-refractivity contribution in [2.45, 2.75) is 0 Å². The number of fused-ring (bicyclic) bond motifs is 7. The van der Waals surface area contributed by atoms with Gasteiger partial charge in [0.2, 0.25) is 0 Å². The third-order valence-electron chi connectivity index (χ3n) is 14.3. The van der Waals surface area contributed by atoms with Gasteiger partial charge in [0.1, 0.15) is 11.6 Å². The Hall–Kier alpha value is -7.95. The van der Waals surface area contributed by atoms with E-state index in [-0.39, 0.29) is 0 Å². The predicted molar refractivity (Wildman–Crippen MR) is 292 cm³/mol. The van der Waals surface area contributed by atoms with Crippen LogP contribution in [0.5, 0.6) is 0 Å². The largest absolute Gasteiger partial charge is 0.327 e. The molecule has 0 N–H and O–H groups in total. The Morgan fingerprint density at radius 3 is 1.79 bits per heavy atom. The summed E-state index contributed by atoms with van der Waals surface area (Å²) in [6.45, 7) is 0. The predicted octanol–water partition coefficient (Wildman–Crippen LogP) is 9.54. The van der Waals surface area contributed by atoms with Gasteiger partial charge in [-0.05, 0) is 84.0 Å². The summed E-state index contributed by atoms with van der Waals surface area (Å²) in [5.41, 5.74) is 5.56. The van der Waals surface area contributed by atoms with Crippen molar-refractivity contribution < 1.29 is 0 Å². The lowest BCUT2D eigenvalue weighted by atomic mass is 10.1. The lowest BCUT2D eigenvalue weighted by Crippen LogP contribution is -2.78. The van der Waals surface area contributed by atoms with Crippen LogP contribution in [0.25, 0.3) is 42.6 Å². The Kier molecular flexibility index (Phi) is 9.57. The highest BCUT2D eigenvalue weighted by molar-refractivity contribution is 7.31. The van der Waals surface area contributed by atoms with Crippen molar-refractivity contribution in [2.24, 2.45) is 7.05 Å². The number of hydrogen-bond acceptors (Lipinski definition) is 4. The van der Waals surface area contributed by atoms with Gasteiger partial charge in [0.15, 0.2) is 16.1 Å². The molecule has 1 aliphatic rings. The summed E-state index contributed by atoms with van der Waals surface area (Å²) in [5, 5.41) is 13.3. The van der Waals surface area contributed by atoms with Crippen molar-refractivity contribution in [3.8, 4) is 11.4 Å². The first-order valence-corrected chi connectivity index (χ1v) is 28.0. The highest BCUT2D eigenvalue weighted by Gasteiger charge is 2.52. The first-order chi connectivity index (χ1) is 33.7. The molecule has 322 valence electrons. The Balaban J connectivity index is 1.18. The smallest absolute Gasteiger partial charge is 0.185 e. The van der Waals surface area contributed by atoms with Crippen LogP contribution in [-0.2, 0) is 7.05 Å². The number of rotatable bonds is 8. The molecule has 0 radical (unpaired) electrons. The quantitative estimate of drug-likeness (QED) is 0.113. The van der Waals surface area contributed by atoms with Gasteiger partial charge in [-0.2, -0.15) is 0 Å². The normalized spacial score (nSPS) is 13.2. The van der Waals surface area contributed by atoms with Crippen molar-refractivity contribution in [3.05, 3.63) is 249 Å². The molecule has 0 atom stereocenters. The van der Waals surface area contributed by atoms with Gasteiger partial charge in [0.05, 0.1) is 11.0 Å². The van der Waals surface area contributed by atoms with E-state index in [0.717, 1.165) is 28.2 Å². The van der Waals surface area contributed by atoms with Gasteiger partial charge in [0, 0.05) is 50.4 Å². The number of nitrogens with zero attached hydrogens (tertiary/aromatic N) is 4. The number of benzene rings is 9. The molecule has 4 nitrogen and oxygen atoms in total. The molecule has 68 heavy (non-hydrogen) atoms. The maximum absolute atomic E-state index is 5.23. The third kappa shape index (κ3) is 5.96. The molecule has 3 aromatic heterocycles. The second kappa shape index (κ2) is 16.1. The van der Waals surface area contributed by atoms with Crippen LogP contribution in [0.4, 0.5) is 17.2 Å². The average molecular weight is 921 g/mol. The van der Waals surface area contributed by atoms with E-state index in [1.807, 2.05) is 23.6 Å². The zero-order chi connectivity index (χ0) is 45.2. The van der Waals surface area contributed by atoms with Crippen molar-refractivity contribution in [1.82, 2.24) is 14.5 Å². The minimum absolute atomic E-state index is 0.895. The Morgan fingerprint density at radius 1 is 0.485 bits per heavy atom. The van der Waals surface area contributed by atoms with Crippen LogP contribution in [0, 0.1) is 0 Å². The summed E-state index contributed by atoms with van der Waals surface area (Å²) in [5.74, 6) is 1.85. The molecule has 0 aliphatic carbocycles. The van der Waals surface area contributed by atoms with E-state index in [9.17, 15) is 0 Å². The van der Waals surface area contributed by atoms with E-state index < -0.39 is 16.1 Å². The molecular weight excluding hydrogens is 877 g/mol. The van der Waals surface area contributed by atoms with Gasteiger partial charge in [-0.15, -0.1) is 11.3 Å². The maximum atomic E-state index is 5.23. The Labute approximate surface area is 401 Å². The number of pyridine rings is 1. The van der Waals surface area contributed by atoms with E-state index in [4.69, 9.17) is 9.97 Å². The molecule has 13 rings (SSSR count). The van der Waals surface area contributed by atoms with Crippen LogP contribution in [0.2, 0.25) is 0 Å². The van der Waals surface area contributed by atoms with E-state index in [2.05, 4.69) is 253 Å². The van der Waals surface area contributed by atoms with Crippen LogP contribution in [0.1, 0.15) is 0 Å². The topological polar surface area (TPSA) is 34.0 Å². The number of thiophene rings is 1. The van der Waals surface area contributed by atoms with E-state index >= 15 is 0 Å². The van der Waals surface area contributed by atoms with Crippen molar-refractivity contribution in [3.63, 3.8) is 0 Å². The zero-order valence-electron chi connectivity index (χ0n) is 37.4. The highest BCUT2D eigenvalue weighted by atomic mass is 32.1. The molecule has 1 aliphatic heterocycles. The van der Waals surface area contributed by atoms with Crippen LogP contribution < -0.4 is 46.4 Å². The van der Waals surface area contributed by atoms with Crippen molar-refractivity contribution in [1.29, 1.82) is 0 Å². The zero-order valence-corrected chi connectivity index (χ0v) is 40.2. The maximum Gasteiger partial charge on any atom is 0.185 e. The van der Waals surface area contributed by atoms with Gasteiger partial charge in [-0.1, -0.05) is 200 Å². The minimum atomic E-state index is -3.14. The molecule has 7 heteroatoms. The van der Waals surface area contributed by atoms with Crippen LogP contribution >= 0.6 is 11.3 Å². The summed E-state index contributed by atoms with van der Waals surface area (Å²) < 4.78 is 4.87. The minimum Gasteiger partial charge on any atom is -0.327 e. The van der Waals surface area contributed by atoms with Crippen LogP contribution in [0.15, 0.2) is 249 Å². The number of aryl methyl sites for hydroxylation is 1. The van der Waals surface area contributed by atoms with Crippen molar-refractivity contribution in [2.75, 3.05) is 4.90 Å². The fourth-order valence-electron chi connectivity index (χ4n) is 11.4. The van der Waals surface area contributed by atoms with E-state index in [1.165, 1.54) is 73.0 Å². The fraction of sp³-hybridized carbons (Fsp3) is 0.0164. The van der Waals surface area contributed by atoms with Crippen LogP contribution in [0.3, 0.4) is 0 Å². The summed E-state index contributed by atoms with van der Waals surface area (Å²) in [4.78, 5) is 12.9. The van der Waals surface area contributed by atoms with Gasteiger partial charge in [-0.25, -0.2) is 9.97 Å². The van der Waals surface area contributed by atoms with Crippen molar-refractivity contribution >= 4 is 117 Å². The Morgan fingerprint density at radius 2 is 1.10 bits per heavy atom. The van der Waals surface area contributed by atoms with E-state index in [0.29, 0.717) is 0 Å². The molecule has 12 aromatic rings. The molecule has 0 unspecified atom stereocenters. The molecule has 9 aromatic carbocycles. The summed E-state index contributed by atoms with van der Waals surface area (Å²) in [6.07, 6.45) is 1.93. The second-order valence-electron chi connectivity index (χ2n) is 17.7. The number of aromatic nitrogens is 3. The number of imidazole rings is 1. The number of anilines is 3. The van der Waals surface area contributed by atoms with Gasteiger partial charge < -0.3 is 4.57 Å². The van der Waals surface area contributed by atoms with Gasteiger partial charge in [-0.3, -0.25) is 4.90 Å². The molecule has 0 bridgehead atoms. The van der Waals surface area contributed by atoms with Gasteiger partial charge in [0.25, 0.3) is 0 Å². The molecule has 0 saturated carbocycles. The number of para-hydroxylation sites is 2. The SMILES string of the molecule is Cn1c(-c2cccc([Si](c3ccccc3)(c3ccccc3)c3ccc4c(c3)N(c3ccccn3)c3ccc5c(sc6ccccc65)c3[Si]4(c3ccccc3)c3ccccc3)c2)nc2ccccc21. The monoisotopic (exact) mass is 920 g/mol. The summed E-state index contributed by atoms with van der Waals surface area (Å²) in [6, 6.07) is 90.7. The standard InChI is InChI=1S/C61H44N4SSi2/c1-64-53-33-16-15-32-52(53)63-61(64)43-21-20-30-48(41-43)67(44-22-6-2-7-23-44,45-24-8-3-9-25-45)49-36-39-57-55(42-49)65(58-35-18-19-40-62-58)54-38-37-51-50-31-14-17-34-56(50)66-59(51)60(54)68(57,46-26-10-4-11-27-46)47-28-12-5-13-29-47/h2-42H,1H3. The first kappa shape index (κ1) is 40.3. The van der Waals surface area contributed by atoms with Crippen LogP contribution in [-0.4, -0.2) is 30.7 Å². The molecule has 0 amide bonds. The van der Waals surface area contributed by atoms with E-state index in [1.54, 1.807) is 0 Å². The summed E-state index contributed by atoms with van der Waals surface area (Å²) >= 11 is 1.93. The average Bonchev–Trinajstić information content (AvgIpc) is 3.97. The van der Waals surface area contributed by atoms with Gasteiger partial charge >= 0.3 is 0 Å². The number of hydrogen-bond donors (Lipinski definition) is 0. The lowest BCUT2D eigenvalue weighted by Gasteiger charge is -2.45. The third-order valence-corrected chi connectivity index (χ3v) is 25.3. The molecular formula is C61H44N4SSi2. The molecule has 0 saturated heterocycles. The lowest BCUT2D eigenvalue weighted by molar-refractivity contribution is 0.959. The molecule has 4 heterocycles. The Bertz CT molecular complexity index is 3740. The molecule has 0 fully saturated rings. The first-order valence-electron chi connectivity index (χ1n) is 23.2. The highest BCUT2D eigenvalue weighted by Crippen LogP contribution is 2.43. The second-order valence-corrected chi connectivity index (χ2v) is 26.3.